The standard InChI is InChI=1S/C23H22FN5O4S2/c1-4-33-19-12-29(16-7-5-15(24)6-8-16)28-20(19)21(30)25-22-26-27-23(35-22)34-13-14-9-17(31-2)11-18(10-14)32-3/h5-12H,4,13H2,1-3H3,(H,25,26,30). The molecule has 1 N–H and O–H groups in total. The Bertz CT molecular complexity index is 1290. The SMILES string of the molecule is CCOc1cn(-c2ccc(F)cc2)nc1C(=O)Nc1nnc(SCc2cc(OC)cc(OC)c2)s1. The van der Waals surface area contributed by atoms with Crippen molar-refractivity contribution >= 4 is 34.1 Å². The lowest BCUT2D eigenvalue weighted by Crippen LogP contribution is -2.14. The van der Waals surface area contributed by atoms with Gasteiger partial charge in [-0.3, -0.25) is 10.1 Å². The molecule has 182 valence electrons. The number of nitrogens with zero attached hydrogens (tertiary/aromatic N) is 4. The zero-order valence-electron chi connectivity index (χ0n) is 19.1. The number of halogens is 1. The molecule has 2 heterocycles. The number of anilines is 1. The van der Waals surface area contributed by atoms with Crippen LogP contribution in [0.5, 0.6) is 17.2 Å². The summed E-state index contributed by atoms with van der Waals surface area (Å²) >= 11 is 2.73. The molecule has 0 radical (unpaired) electrons. The molecule has 4 aromatic rings. The second-order valence-electron chi connectivity index (χ2n) is 7.03. The van der Waals surface area contributed by atoms with Crippen molar-refractivity contribution in [1.82, 2.24) is 20.0 Å². The summed E-state index contributed by atoms with van der Waals surface area (Å²) in [6.45, 7) is 2.16. The topological polar surface area (TPSA) is 100 Å². The minimum atomic E-state index is -0.487. The number of aromatic nitrogens is 4. The summed E-state index contributed by atoms with van der Waals surface area (Å²) < 4.78 is 31.6. The first-order valence-corrected chi connectivity index (χ1v) is 12.3. The maximum atomic E-state index is 13.3. The highest BCUT2D eigenvalue weighted by atomic mass is 32.2. The van der Waals surface area contributed by atoms with Gasteiger partial charge in [0, 0.05) is 11.8 Å². The Morgan fingerprint density at radius 2 is 1.83 bits per heavy atom. The van der Waals surface area contributed by atoms with Crippen molar-refractivity contribution in [2.24, 2.45) is 0 Å². The number of nitrogens with one attached hydrogen (secondary N) is 1. The van der Waals surface area contributed by atoms with E-state index in [-0.39, 0.29) is 11.5 Å². The van der Waals surface area contributed by atoms with E-state index >= 15 is 0 Å². The number of thioether (sulfide) groups is 1. The predicted molar refractivity (Wildman–Crippen MR) is 132 cm³/mol. The van der Waals surface area contributed by atoms with Crippen LogP contribution < -0.4 is 19.5 Å². The smallest absolute Gasteiger partial charge is 0.281 e. The van der Waals surface area contributed by atoms with Gasteiger partial charge in [-0.2, -0.15) is 5.10 Å². The van der Waals surface area contributed by atoms with E-state index in [9.17, 15) is 9.18 Å². The molecule has 0 aliphatic rings. The Balaban J connectivity index is 1.44. The van der Waals surface area contributed by atoms with Crippen LogP contribution in [0.3, 0.4) is 0 Å². The van der Waals surface area contributed by atoms with Gasteiger partial charge in [0.2, 0.25) is 5.13 Å². The lowest BCUT2D eigenvalue weighted by Gasteiger charge is -2.07. The molecule has 0 bridgehead atoms. The maximum Gasteiger partial charge on any atom is 0.281 e. The van der Waals surface area contributed by atoms with Crippen molar-refractivity contribution in [2.75, 3.05) is 26.1 Å². The quantitative estimate of drug-likeness (QED) is 0.237. The fourth-order valence-electron chi connectivity index (χ4n) is 3.07. The highest BCUT2D eigenvalue weighted by molar-refractivity contribution is 8.00. The first-order valence-electron chi connectivity index (χ1n) is 10.5. The summed E-state index contributed by atoms with van der Waals surface area (Å²) in [6.07, 6.45) is 1.58. The van der Waals surface area contributed by atoms with Crippen LogP contribution in [-0.4, -0.2) is 46.7 Å². The van der Waals surface area contributed by atoms with Crippen molar-refractivity contribution in [2.45, 2.75) is 17.0 Å². The molecule has 0 fully saturated rings. The van der Waals surface area contributed by atoms with Crippen molar-refractivity contribution in [1.29, 1.82) is 0 Å². The molecule has 0 saturated heterocycles. The first kappa shape index (κ1) is 24.5. The molecule has 4 rings (SSSR count). The third-order valence-electron chi connectivity index (χ3n) is 4.69. The van der Waals surface area contributed by atoms with Gasteiger partial charge in [-0.15, -0.1) is 10.2 Å². The second kappa shape index (κ2) is 11.2. The Labute approximate surface area is 209 Å². The number of amides is 1. The summed E-state index contributed by atoms with van der Waals surface area (Å²) in [4.78, 5) is 12.9. The Kier molecular flexibility index (Phi) is 7.83. The number of hydrogen-bond donors (Lipinski definition) is 1. The largest absolute Gasteiger partial charge is 0.497 e. The number of rotatable bonds is 10. The van der Waals surface area contributed by atoms with E-state index in [2.05, 4.69) is 20.6 Å². The highest BCUT2D eigenvalue weighted by Gasteiger charge is 2.20. The van der Waals surface area contributed by atoms with Crippen molar-refractivity contribution in [3.63, 3.8) is 0 Å². The number of carbonyl (C=O) groups excluding carboxylic acids is 1. The van der Waals surface area contributed by atoms with Gasteiger partial charge in [-0.05, 0) is 48.9 Å². The monoisotopic (exact) mass is 515 g/mol. The van der Waals surface area contributed by atoms with E-state index in [4.69, 9.17) is 14.2 Å². The lowest BCUT2D eigenvalue weighted by atomic mass is 10.2. The number of benzene rings is 2. The van der Waals surface area contributed by atoms with E-state index in [0.29, 0.717) is 44.8 Å². The van der Waals surface area contributed by atoms with Crippen molar-refractivity contribution < 1.29 is 23.4 Å². The molecular weight excluding hydrogens is 493 g/mol. The van der Waals surface area contributed by atoms with Gasteiger partial charge in [0.15, 0.2) is 15.8 Å². The van der Waals surface area contributed by atoms with E-state index in [1.807, 2.05) is 19.1 Å². The van der Waals surface area contributed by atoms with Gasteiger partial charge in [-0.1, -0.05) is 23.1 Å². The molecule has 0 spiro atoms. The minimum Gasteiger partial charge on any atom is -0.497 e. The number of hydrogen-bond acceptors (Lipinski definition) is 9. The molecule has 0 unspecified atom stereocenters. The van der Waals surface area contributed by atoms with Gasteiger partial charge in [-0.25, -0.2) is 9.07 Å². The number of ether oxygens (including phenoxy) is 3. The minimum absolute atomic E-state index is 0.0871. The van der Waals surface area contributed by atoms with Gasteiger partial charge in [0.25, 0.3) is 5.91 Å². The number of carbonyl (C=O) groups is 1. The van der Waals surface area contributed by atoms with Crippen LogP contribution >= 0.6 is 23.1 Å². The maximum absolute atomic E-state index is 13.3. The highest BCUT2D eigenvalue weighted by Crippen LogP contribution is 2.31. The second-order valence-corrected chi connectivity index (χ2v) is 9.23. The van der Waals surface area contributed by atoms with E-state index < -0.39 is 5.91 Å². The number of methoxy groups -OCH3 is 2. The van der Waals surface area contributed by atoms with Gasteiger partial charge >= 0.3 is 0 Å². The van der Waals surface area contributed by atoms with Gasteiger partial charge in [0.05, 0.1) is 32.7 Å². The van der Waals surface area contributed by atoms with Gasteiger partial charge < -0.3 is 14.2 Å². The van der Waals surface area contributed by atoms with Crippen LogP contribution in [0.25, 0.3) is 5.69 Å². The first-order chi connectivity index (χ1) is 17.0. The summed E-state index contributed by atoms with van der Waals surface area (Å²) in [7, 11) is 3.20. The van der Waals surface area contributed by atoms with Crippen LogP contribution in [0.4, 0.5) is 9.52 Å². The molecule has 0 atom stereocenters. The third-order valence-corrected chi connectivity index (χ3v) is 6.73. The Morgan fingerprint density at radius 1 is 1.11 bits per heavy atom. The van der Waals surface area contributed by atoms with Crippen LogP contribution in [0.2, 0.25) is 0 Å². The molecule has 0 aliphatic carbocycles. The van der Waals surface area contributed by atoms with Crippen LogP contribution in [0.15, 0.2) is 53.0 Å². The average molecular weight is 516 g/mol. The van der Waals surface area contributed by atoms with Crippen molar-refractivity contribution in [3.05, 3.63) is 65.7 Å². The zero-order valence-corrected chi connectivity index (χ0v) is 20.8. The lowest BCUT2D eigenvalue weighted by molar-refractivity contribution is 0.101. The molecular formula is C23H22FN5O4S2. The Hall–Kier alpha value is -3.64. The zero-order chi connectivity index (χ0) is 24.8. The summed E-state index contributed by atoms with van der Waals surface area (Å²) in [6, 6.07) is 11.4. The molecule has 0 aliphatic heterocycles. The normalized spacial score (nSPS) is 10.7. The molecule has 0 saturated carbocycles. The van der Waals surface area contributed by atoms with Crippen LogP contribution in [-0.2, 0) is 5.75 Å². The Morgan fingerprint density at radius 3 is 2.49 bits per heavy atom. The van der Waals surface area contributed by atoms with Crippen LogP contribution in [0, 0.1) is 5.82 Å². The summed E-state index contributed by atoms with van der Waals surface area (Å²) in [5.41, 5.74) is 1.68. The molecule has 2 aromatic heterocycles. The summed E-state index contributed by atoms with van der Waals surface area (Å²) in [5.74, 6) is 1.48. The molecule has 35 heavy (non-hydrogen) atoms. The summed E-state index contributed by atoms with van der Waals surface area (Å²) in [5, 5.41) is 15.6. The van der Waals surface area contributed by atoms with E-state index in [1.54, 1.807) is 38.6 Å². The van der Waals surface area contributed by atoms with Crippen LogP contribution in [0.1, 0.15) is 23.0 Å². The van der Waals surface area contributed by atoms with E-state index in [0.717, 1.165) is 5.56 Å². The fraction of sp³-hybridized carbons (Fsp3) is 0.217. The van der Waals surface area contributed by atoms with Gasteiger partial charge in [0.1, 0.15) is 17.3 Å². The van der Waals surface area contributed by atoms with E-state index in [1.165, 1.54) is 39.9 Å². The molecule has 12 heteroatoms. The molecule has 1 amide bonds. The fourth-order valence-corrected chi connectivity index (χ4v) is 4.75. The molecule has 9 nitrogen and oxygen atoms in total. The predicted octanol–water partition coefficient (Wildman–Crippen LogP) is 4.82. The van der Waals surface area contributed by atoms with Crippen molar-refractivity contribution in [3.8, 4) is 22.9 Å². The molecule has 2 aromatic carbocycles. The third kappa shape index (κ3) is 6.08. The average Bonchev–Trinajstić information content (AvgIpc) is 3.50.